The molecule has 0 heterocycles. The molecule has 22 heavy (non-hydrogen) atoms. The minimum atomic E-state index is -4.38. The van der Waals surface area contributed by atoms with Crippen molar-refractivity contribution in [3.63, 3.8) is 0 Å². The molecule has 0 aliphatic heterocycles. The molecule has 0 unspecified atom stereocenters. The number of alkyl halides is 3. The van der Waals surface area contributed by atoms with Gasteiger partial charge in [-0.3, -0.25) is 4.79 Å². The fourth-order valence-corrected chi connectivity index (χ4v) is 1.71. The average molecular weight is 310 g/mol. The fourth-order valence-electron chi connectivity index (χ4n) is 1.71. The van der Waals surface area contributed by atoms with E-state index in [4.69, 9.17) is 5.73 Å². The van der Waals surface area contributed by atoms with E-state index < -0.39 is 18.7 Å². The van der Waals surface area contributed by atoms with E-state index in [1.807, 2.05) is 0 Å². The third-order valence-corrected chi connectivity index (χ3v) is 2.69. The minimum Gasteiger partial charge on any atom is -0.484 e. The minimum absolute atomic E-state index is 0.107. The molecule has 0 saturated heterocycles. The lowest BCUT2D eigenvalue weighted by atomic mass is 10.2. The van der Waals surface area contributed by atoms with E-state index in [2.05, 4.69) is 10.1 Å². The predicted octanol–water partition coefficient (Wildman–Crippen LogP) is 3.47. The topological polar surface area (TPSA) is 64.4 Å². The van der Waals surface area contributed by atoms with Crippen LogP contribution in [0.15, 0.2) is 48.5 Å². The van der Waals surface area contributed by atoms with Crippen molar-refractivity contribution in [1.82, 2.24) is 0 Å². The van der Waals surface area contributed by atoms with Crippen molar-refractivity contribution in [2.24, 2.45) is 5.73 Å². The summed E-state index contributed by atoms with van der Waals surface area (Å²) in [5.74, 6) is -0.426. The summed E-state index contributed by atoms with van der Waals surface area (Å²) in [6.07, 6.45) is -4.38. The second-order valence-corrected chi connectivity index (χ2v) is 4.50. The number of benzene rings is 2. The first-order valence-electron chi connectivity index (χ1n) is 6.30. The number of rotatable bonds is 5. The fraction of sp³-hybridized carbons (Fsp3) is 0.133. The molecule has 2 rings (SSSR count). The third-order valence-electron chi connectivity index (χ3n) is 2.69. The number of primary amides is 1. The molecule has 0 radical (unpaired) electrons. The highest BCUT2D eigenvalue weighted by molar-refractivity contribution is 5.93. The Morgan fingerprint density at radius 2 is 1.77 bits per heavy atom. The monoisotopic (exact) mass is 310 g/mol. The van der Waals surface area contributed by atoms with Crippen LogP contribution in [-0.2, 0) is 0 Å². The van der Waals surface area contributed by atoms with Gasteiger partial charge in [0, 0.05) is 23.0 Å². The summed E-state index contributed by atoms with van der Waals surface area (Å²) in [7, 11) is 0. The maximum absolute atomic E-state index is 12.1. The highest BCUT2D eigenvalue weighted by atomic mass is 19.4. The van der Waals surface area contributed by atoms with Gasteiger partial charge in [-0.1, -0.05) is 6.07 Å². The number of carbonyl (C=O) groups is 1. The summed E-state index contributed by atoms with van der Waals surface area (Å²) < 4.78 is 41.0. The summed E-state index contributed by atoms with van der Waals surface area (Å²) in [5.41, 5.74) is 6.73. The van der Waals surface area contributed by atoms with Crippen LogP contribution >= 0.6 is 0 Å². The lowest BCUT2D eigenvalue weighted by molar-refractivity contribution is -0.153. The SMILES string of the molecule is NC(=O)c1ccc(Nc2cccc(OCC(F)(F)F)c2)cc1. The van der Waals surface area contributed by atoms with E-state index >= 15 is 0 Å². The van der Waals surface area contributed by atoms with Crippen LogP contribution in [-0.4, -0.2) is 18.7 Å². The number of ether oxygens (including phenoxy) is 1. The molecule has 3 N–H and O–H groups in total. The number of hydrogen-bond donors (Lipinski definition) is 2. The van der Waals surface area contributed by atoms with Gasteiger partial charge in [-0.2, -0.15) is 13.2 Å². The number of halogens is 3. The van der Waals surface area contributed by atoms with E-state index in [9.17, 15) is 18.0 Å². The number of nitrogens with one attached hydrogen (secondary N) is 1. The summed E-state index contributed by atoms with van der Waals surface area (Å²) in [6.45, 7) is -1.34. The van der Waals surface area contributed by atoms with Gasteiger partial charge in [0.25, 0.3) is 0 Å². The van der Waals surface area contributed by atoms with E-state index in [1.165, 1.54) is 12.1 Å². The molecule has 116 valence electrons. The van der Waals surface area contributed by atoms with Gasteiger partial charge < -0.3 is 15.8 Å². The molecule has 1 amide bonds. The van der Waals surface area contributed by atoms with Crippen LogP contribution in [0.25, 0.3) is 0 Å². The Bertz CT molecular complexity index is 655. The highest BCUT2D eigenvalue weighted by Gasteiger charge is 2.28. The Morgan fingerprint density at radius 3 is 2.36 bits per heavy atom. The van der Waals surface area contributed by atoms with E-state index in [0.29, 0.717) is 16.9 Å². The molecule has 2 aromatic rings. The van der Waals surface area contributed by atoms with Crippen molar-refractivity contribution in [3.8, 4) is 5.75 Å². The first-order valence-corrected chi connectivity index (χ1v) is 6.30. The lowest BCUT2D eigenvalue weighted by Gasteiger charge is -2.11. The maximum Gasteiger partial charge on any atom is 0.422 e. The van der Waals surface area contributed by atoms with Crippen molar-refractivity contribution in [2.75, 3.05) is 11.9 Å². The second kappa shape index (κ2) is 6.38. The predicted molar refractivity (Wildman–Crippen MR) is 76.2 cm³/mol. The maximum atomic E-state index is 12.1. The van der Waals surface area contributed by atoms with Crippen molar-refractivity contribution < 1.29 is 22.7 Å². The Kier molecular flexibility index (Phi) is 4.55. The second-order valence-electron chi connectivity index (χ2n) is 4.50. The molecular formula is C15H13F3N2O2. The van der Waals surface area contributed by atoms with Gasteiger partial charge in [0.1, 0.15) is 5.75 Å². The lowest BCUT2D eigenvalue weighted by Crippen LogP contribution is -2.19. The number of hydrogen-bond acceptors (Lipinski definition) is 3. The van der Waals surface area contributed by atoms with Crippen LogP contribution in [0.1, 0.15) is 10.4 Å². The summed E-state index contributed by atoms with van der Waals surface area (Å²) >= 11 is 0. The van der Waals surface area contributed by atoms with Crippen LogP contribution < -0.4 is 15.8 Å². The average Bonchev–Trinajstić information content (AvgIpc) is 2.45. The summed E-state index contributed by atoms with van der Waals surface area (Å²) in [6, 6.07) is 12.5. The number of anilines is 2. The van der Waals surface area contributed by atoms with E-state index in [-0.39, 0.29) is 5.75 Å². The zero-order valence-electron chi connectivity index (χ0n) is 11.4. The van der Waals surface area contributed by atoms with Crippen molar-refractivity contribution in [3.05, 3.63) is 54.1 Å². The summed E-state index contributed by atoms with van der Waals surface area (Å²) in [4.78, 5) is 11.0. The Hall–Kier alpha value is -2.70. The van der Waals surface area contributed by atoms with Gasteiger partial charge in [0.05, 0.1) is 0 Å². The van der Waals surface area contributed by atoms with Crippen LogP contribution in [0, 0.1) is 0 Å². The molecule has 0 atom stereocenters. The van der Waals surface area contributed by atoms with Crippen LogP contribution in [0.2, 0.25) is 0 Å². The van der Waals surface area contributed by atoms with Crippen LogP contribution in [0.3, 0.4) is 0 Å². The van der Waals surface area contributed by atoms with Gasteiger partial charge in [-0.25, -0.2) is 0 Å². The molecule has 0 aliphatic carbocycles. The first kappa shape index (κ1) is 15.7. The quantitative estimate of drug-likeness (QED) is 0.889. The van der Waals surface area contributed by atoms with Gasteiger partial charge in [0.2, 0.25) is 5.91 Å². The molecule has 0 aliphatic rings. The normalized spacial score (nSPS) is 11.0. The Balaban J connectivity index is 2.05. The van der Waals surface area contributed by atoms with Crippen molar-refractivity contribution >= 4 is 17.3 Å². The largest absolute Gasteiger partial charge is 0.484 e. The molecule has 0 spiro atoms. The Morgan fingerprint density at radius 1 is 1.09 bits per heavy atom. The molecular weight excluding hydrogens is 297 g/mol. The molecule has 0 fully saturated rings. The van der Waals surface area contributed by atoms with Gasteiger partial charge in [-0.15, -0.1) is 0 Å². The number of nitrogens with two attached hydrogens (primary N) is 1. The van der Waals surface area contributed by atoms with Gasteiger partial charge >= 0.3 is 6.18 Å². The van der Waals surface area contributed by atoms with Crippen molar-refractivity contribution in [1.29, 1.82) is 0 Å². The zero-order valence-corrected chi connectivity index (χ0v) is 11.4. The first-order chi connectivity index (χ1) is 10.3. The standard InChI is InChI=1S/C15H13F3N2O2/c16-15(17,18)9-22-13-3-1-2-12(8-13)20-11-6-4-10(5-7-11)14(19)21/h1-8,20H,9H2,(H2,19,21). The van der Waals surface area contributed by atoms with E-state index in [1.54, 1.807) is 36.4 Å². The van der Waals surface area contributed by atoms with Crippen LogP contribution in [0.4, 0.5) is 24.5 Å². The van der Waals surface area contributed by atoms with Crippen LogP contribution in [0.5, 0.6) is 5.75 Å². The molecule has 2 aromatic carbocycles. The third kappa shape index (κ3) is 4.69. The highest BCUT2D eigenvalue weighted by Crippen LogP contribution is 2.23. The molecule has 0 bridgehead atoms. The molecule has 0 saturated carbocycles. The van der Waals surface area contributed by atoms with Crippen molar-refractivity contribution in [2.45, 2.75) is 6.18 Å². The molecule has 4 nitrogen and oxygen atoms in total. The van der Waals surface area contributed by atoms with Gasteiger partial charge in [0.15, 0.2) is 6.61 Å². The Labute approximate surface area is 124 Å². The van der Waals surface area contributed by atoms with Gasteiger partial charge in [-0.05, 0) is 36.4 Å². The number of carbonyl (C=O) groups excluding carboxylic acids is 1. The zero-order chi connectivity index (χ0) is 16.2. The molecule has 0 aromatic heterocycles. The molecule has 7 heteroatoms. The number of amides is 1. The summed E-state index contributed by atoms with van der Waals surface area (Å²) in [5, 5.41) is 2.99. The smallest absolute Gasteiger partial charge is 0.422 e. The van der Waals surface area contributed by atoms with E-state index in [0.717, 1.165) is 0 Å².